The highest BCUT2D eigenvalue weighted by molar-refractivity contribution is 6.34. The van der Waals surface area contributed by atoms with Crippen molar-refractivity contribution in [1.29, 1.82) is 0 Å². The summed E-state index contributed by atoms with van der Waals surface area (Å²) >= 11 is 6.09. The molecule has 0 spiro atoms. The predicted molar refractivity (Wildman–Crippen MR) is 84.1 cm³/mol. The van der Waals surface area contributed by atoms with Crippen molar-refractivity contribution < 1.29 is 9.72 Å². The van der Waals surface area contributed by atoms with Gasteiger partial charge in [0.15, 0.2) is 0 Å². The first-order valence-corrected chi connectivity index (χ1v) is 7.35. The predicted octanol–water partition coefficient (Wildman–Crippen LogP) is 3.55. The number of carbonyl (C=O) groups excluding carboxylic acids is 1. The Kier molecular flexibility index (Phi) is 6.42. The lowest BCUT2D eigenvalue weighted by molar-refractivity contribution is -0.384. The van der Waals surface area contributed by atoms with E-state index in [1.807, 2.05) is 20.8 Å². The summed E-state index contributed by atoms with van der Waals surface area (Å²) in [4.78, 5) is 24.7. The van der Waals surface area contributed by atoms with Crippen LogP contribution in [0.3, 0.4) is 0 Å². The summed E-state index contributed by atoms with van der Waals surface area (Å²) in [6.45, 7) is 7.32. The summed E-state index contributed by atoms with van der Waals surface area (Å²) in [7, 11) is 0. The van der Waals surface area contributed by atoms with Crippen molar-refractivity contribution in [1.82, 2.24) is 4.90 Å². The van der Waals surface area contributed by atoms with Crippen LogP contribution < -0.4 is 5.32 Å². The molecule has 1 aromatic rings. The summed E-state index contributed by atoms with van der Waals surface area (Å²) in [5.74, 6) is -0.243. The lowest BCUT2D eigenvalue weighted by Gasteiger charge is -2.20. The Morgan fingerprint density at radius 2 is 2.05 bits per heavy atom. The van der Waals surface area contributed by atoms with Gasteiger partial charge in [0.1, 0.15) is 5.69 Å². The zero-order valence-electron chi connectivity index (χ0n) is 12.5. The summed E-state index contributed by atoms with van der Waals surface area (Å²) in [5.41, 5.74) is 0.308. The number of carbonyl (C=O) groups is 1. The molecule has 21 heavy (non-hydrogen) atoms. The fourth-order valence-corrected chi connectivity index (χ4v) is 2.35. The number of nitro groups is 1. The highest BCUT2D eigenvalue weighted by Gasteiger charge is 2.23. The van der Waals surface area contributed by atoms with Crippen molar-refractivity contribution in [2.45, 2.75) is 27.2 Å². The number of amides is 1. The third kappa shape index (κ3) is 4.07. The summed E-state index contributed by atoms with van der Waals surface area (Å²) in [6, 6.07) is 2.76. The first-order chi connectivity index (χ1) is 9.96. The highest BCUT2D eigenvalue weighted by Crippen LogP contribution is 2.34. The van der Waals surface area contributed by atoms with E-state index in [0.29, 0.717) is 19.6 Å². The van der Waals surface area contributed by atoms with Gasteiger partial charge < -0.3 is 10.2 Å². The lowest BCUT2D eigenvalue weighted by Crippen LogP contribution is -2.31. The molecule has 0 aliphatic rings. The summed E-state index contributed by atoms with van der Waals surface area (Å²) < 4.78 is 0. The molecular weight excluding hydrogens is 294 g/mol. The van der Waals surface area contributed by atoms with Gasteiger partial charge >= 0.3 is 0 Å². The molecule has 0 fully saturated rings. The number of nitro benzene ring substituents is 1. The Morgan fingerprint density at radius 1 is 1.38 bits per heavy atom. The zero-order valence-corrected chi connectivity index (χ0v) is 13.2. The molecule has 0 unspecified atom stereocenters. The Morgan fingerprint density at radius 3 is 2.52 bits per heavy atom. The van der Waals surface area contributed by atoms with Crippen LogP contribution in [-0.2, 0) is 0 Å². The molecule has 0 aromatic heterocycles. The number of anilines is 1. The first kappa shape index (κ1) is 17.2. The third-order valence-corrected chi connectivity index (χ3v) is 3.33. The second-order valence-electron chi connectivity index (χ2n) is 4.52. The number of hydrogen-bond donors (Lipinski definition) is 1. The summed E-state index contributed by atoms with van der Waals surface area (Å²) in [5, 5.41) is 14.2. The Bertz CT molecular complexity index is 534. The van der Waals surface area contributed by atoms with Crippen LogP contribution in [0.2, 0.25) is 5.02 Å². The molecule has 1 amide bonds. The van der Waals surface area contributed by atoms with E-state index in [-0.39, 0.29) is 27.9 Å². The molecular formula is C14H20ClN3O3. The van der Waals surface area contributed by atoms with E-state index >= 15 is 0 Å². The molecule has 0 saturated carbocycles. The van der Waals surface area contributed by atoms with E-state index in [4.69, 9.17) is 11.6 Å². The number of nitrogens with one attached hydrogen (secondary N) is 1. The Labute approximate surface area is 129 Å². The van der Waals surface area contributed by atoms with Crippen molar-refractivity contribution in [2.24, 2.45) is 0 Å². The topological polar surface area (TPSA) is 75.5 Å². The smallest absolute Gasteiger partial charge is 0.294 e. The van der Waals surface area contributed by atoms with E-state index in [1.54, 1.807) is 4.90 Å². The van der Waals surface area contributed by atoms with Crippen molar-refractivity contribution in [2.75, 3.05) is 25.0 Å². The molecule has 1 rings (SSSR count). The van der Waals surface area contributed by atoms with Crippen LogP contribution in [0, 0.1) is 10.1 Å². The molecule has 0 aliphatic heterocycles. The fourth-order valence-electron chi connectivity index (χ4n) is 2.07. The van der Waals surface area contributed by atoms with E-state index in [9.17, 15) is 14.9 Å². The van der Waals surface area contributed by atoms with Gasteiger partial charge in [-0.3, -0.25) is 14.9 Å². The molecule has 1 N–H and O–H groups in total. The van der Waals surface area contributed by atoms with Crippen LogP contribution >= 0.6 is 11.6 Å². The third-order valence-electron chi connectivity index (χ3n) is 3.03. The largest absolute Gasteiger partial charge is 0.379 e. The van der Waals surface area contributed by atoms with Crippen LogP contribution in [0.1, 0.15) is 37.6 Å². The van der Waals surface area contributed by atoms with Gasteiger partial charge in [0.05, 0.1) is 9.95 Å². The maximum atomic E-state index is 12.4. The molecule has 7 heteroatoms. The van der Waals surface area contributed by atoms with Crippen molar-refractivity contribution in [3.8, 4) is 0 Å². The van der Waals surface area contributed by atoms with Crippen molar-refractivity contribution in [3.63, 3.8) is 0 Å². The van der Waals surface area contributed by atoms with Gasteiger partial charge in [0.25, 0.3) is 11.6 Å². The monoisotopic (exact) mass is 313 g/mol. The van der Waals surface area contributed by atoms with Gasteiger partial charge in [-0.25, -0.2) is 0 Å². The summed E-state index contributed by atoms with van der Waals surface area (Å²) in [6.07, 6.45) is 0.824. The first-order valence-electron chi connectivity index (χ1n) is 6.97. The van der Waals surface area contributed by atoms with Crippen LogP contribution in [0.25, 0.3) is 0 Å². The van der Waals surface area contributed by atoms with Gasteiger partial charge in [0.2, 0.25) is 0 Å². The highest BCUT2D eigenvalue weighted by atomic mass is 35.5. The second kappa shape index (κ2) is 7.83. The quantitative estimate of drug-likeness (QED) is 0.617. The molecule has 0 aliphatic carbocycles. The lowest BCUT2D eigenvalue weighted by atomic mass is 10.1. The molecule has 0 bridgehead atoms. The van der Waals surface area contributed by atoms with E-state index in [2.05, 4.69) is 5.32 Å². The average Bonchev–Trinajstić information content (AvgIpc) is 2.45. The average molecular weight is 314 g/mol. The van der Waals surface area contributed by atoms with Gasteiger partial charge in [-0.2, -0.15) is 0 Å². The van der Waals surface area contributed by atoms with Crippen LogP contribution in [-0.4, -0.2) is 35.4 Å². The van der Waals surface area contributed by atoms with E-state index < -0.39 is 4.92 Å². The Hall–Kier alpha value is -1.82. The number of hydrogen-bond acceptors (Lipinski definition) is 4. The molecule has 116 valence electrons. The van der Waals surface area contributed by atoms with E-state index in [1.165, 1.54) is 12.1 Å². The number of nitrogens with zero attached hydrogens (tertiary/aromatic N) is 2. The van der Waals surface area contributed by atoms with Gasteiger partial charge in [-0.1, -0.05) is 18.5 Å². The molecule has 6 nitrogen and oxygen atoms in total. The van der Waals surface area contributed by atoms with Gasteiger partial charge in [-0.15, -0.1) is 0 Å². The van der Waals surface area contributed by atoms with Crippen molar-refractivity contribution >= 4 is 28.9 Å². The SMILES string of the molecule is CCCN(CC)C(=O)c1cc(Cl)c(NCC)c([N+](=O)[O-])c1. The van der Waals surface area contributed by atoms with Gasteiger partial charge in [0, 0.05) is 31.3 Å². The maximum absolute atomic E-state index is 12.4. The minimum absolute atomic E-state index is 0.180. The van der Waals surface area contributed by atoms with Crippen molar-refractivity contribution in [3.05, 3.63) is 32.8 Å². The molecule has 0 saturated heterocycles. The molecule has 0 atom stereocenters. The van der Waals surface area contributed by atoms with E-state index in [0.717, 1.165) is 6.42 Å². The minimum atomic E-state index is -0.531. The zero-order chi connectivity index (χ0) is 16.0. The molecule has 1 aromatic carbocycles. The molecule has 0 radical (unpaired) electrons. The standard InChI is InChI=1S/C14H20ClN3O3/c1-4-7-17(6-3)14(19)10-8-11(15)13(16-5-2)12(9-10)18(20)21/h8-9,16H,4-7H2,1-3H3. The number of halogens is 1. The van der Waals surface area contributed by atoms with Crippen LogP contribution in [0.15, 0.2) is 12.1 Å². The van der Waals surface area contributed by atoms with Crippen LogP contribution in [0.5, 0.6) is 0 Å². The van der Waals surface area contributed by atoms with Crippen LogP contribution in [0.4, 0.5) is 11.4 Å². The maximum Gasteiger partial charge on any atom is 0.294 e. The normalized spacial score (nSPS) is 10.3. The number of benzene rings is 1. The molecule has 0 heterocycles. The Balaban J connectivity index is 3.26. The minimum Gasteiger partial charge on any atom is -0.379 e. The second-order valence-corrected chi connectivity index (χ2v) is 4.93. The fraction of sp³-hybridized carbons (Fsp3) is 0.500. The van der Waals surface area contributed by atoms with Gasteiger partial charge in [-0.05, 0) is 26.3 Å². The number of rotatable bonds is 7.